The molecule has 10 heteroatoms. The van der Waals surface area contributed by atoms with Crippen LogP contribution in [0.15, 0.2) is 24.3 Å². The molecule has 150 valence electrons. The van der Waals surface area contributed by atoms with Gasteiger partial charge < -0.3 is 31.7 Å². The molecule has 0 spiro atoms. The molecule has 0 bridgehead atoms. The second-order valence-electron chi connectivity index (χ2n) is 5.90. The van der Waals surface area contributed by atoms with E-state index in [0.717, 1.165) is 0 Å². The van der Waals surface area contributed by atoms with Gasteiger partial charge in [0.15, 0.2) is 0 Å². The largest absolute Gasteiger partial charge is 0.508 e. The number of hydrogen-bond acceptors (Lipinski definition) is 7. The molecular formula is C17H25N3O6S. The molecule has 1 rings (SSSR count). The van der Waals surface area contributed by atoms with Crippen molar-refractivity contribution in [2.24, 2.45) is 5.73 Å². The van der Waals surface area contributed by atoms with Crippen molar-refractivity contribution in [2.45, 2.75) is 31.0 Å². The van der Waals surface area contributed by atoms with Crippen LogP contribution in [0, 0.1) is 0 Å². The summed E-state index contributed by atoms with van der Waals surface area (Å²) in [5.41, 5.74) is 6.11. The molecule has 9 nitrogen and oxygen atoms in total. The highest BCUT2D eigenvalue weighted by molar-refractivity contribution is 7.98. The Bertz CT molecular complexity index is 640. The van der Waals surface area contributed by atoms with Gasteiger partial charge in [-0.2, -0.15) is 11.8 Å². The topological polar surface area (TPSA) is 162 Å². The van der Waals surface area contributed by atoms with Crippen LogP contribution in [0.2, 0.25) is 0 Å². The van der Waals surface area contributed by atoms with E-state index >= 15 is 0 Å². The van der Waals surface area contributed by atoms with Crippen molar-refractivity contribution < 1.29 is 29.7 Å². The minimum Gasteiger partial charge on any atom is -0.508 e. The SMILES string of the molecule is CSCC[C@H](NC(=O)[C@H](Cc1ccc(O)cc1)NC(=O)[C@@H](N)CO)C(=O)O. The molecule has 0 aliphatic heterocycles. The van der Waals surface area contributed by atoms with Crippen LogP contribution in [0.5, 0.6) is 5.75 Å². The van der Waals surface area contributed by atoms with Gasteiger partial charge in [0.1, 0.15) is 23.9 Å². The van der Waals surface area contributed by atoms with Gasteiger partial charge in [0, 0.05) is 6.42 Å². The fraction of sp³-hybridized carbons (Fsp3) is 0.471. The Labute approximate surface area is 161 Å². The minimum absolute atomic E-state index is 0.0501. The Morgan fingerprint density at radius 1 is 1.11 bits per heavy atom. The summed E-state index contributed by atoms with van der Waals surface area (Å²) in [5.74, 6) is -1.97. The normalized spacial score (nSPS) is 14.0. The van der Waals surface area contributed by atoms with Crippen LogP contribution in [0.25, 0.3) is 0 Å². The van der Waals surface area contributed by atoms with Gasteiger partial charge in [0.25, 0.3) is 0 Å². The highest BCUT2D eigenvalue weighted by Gasteiger charge is 2.27. The van der Waals surface area contributed by atoms with E-state index < -0.39 is 42.5 Å². The van der Waals surface area contributed by atoms with Crippen molar-refractivity contribution in [3.05, 3.63) is 29.8 Å². The number of rotatable bonds is 11. The molecule has 0 fully saturated rings. The molecule has 0 aromatic heterocycles. The predicted molar refractivity (Wildman–Crippen MR) is 101 cm³/mol. The summed E-state index contributed by atoms with van der Waals surface area (Å²) in [6.07, 6.45) is 2.12. The van der Waals surface area contributed by atoms with Crippen LogP contribution in [0.1, 0.15) is 12.0 Å². The summed E-state index contributed by atoms with van der Waals surface area (Å²) in [5, 5.41) is 32.5. The van der Waals surface area contributed by atoms with Gasteiger partial charge in [-0.25, -0.2) is 4.79 Å². The average molecular weight is 399 g/mol. The maximum atomic E-state index is 12.6. The van der Waals surface area contributed by atoms with E-state index in [2.05, 4.69) is 10.6 Å². The van der Waals surface area contributed by atoms with E-state index in [1.165, 1.54) is 23.9 Å². The zero-order chi connectivity index (χ0) is 20.4. The highest BCUT2D eigenvalue weighted by atomic mass is 32.2. The van der Waals surface area contributed by atoms with Crippen LogP contribution in [0.4, 0.5) is 0 Å². The second kappa shape index (κ2) is 11.4. The summed E-state index contributed by atoms with van der Waals surface area (Å²) in [7, 11) is 0. The number of phenols is 1. The lowest BCUT2D eigenvalue weighted by molar-refractivity contribution is -0.142. The maximum absolute atomic E-state index is 12.6. The Morgan fingerprint density at radius 3 is 2.22 bits per heavy atom. The molecule has 7 N–H and O–H groups in total. The van der Waals surface area contributed by atoms with Crippen molar-refractivity contribution in [3.63, 3.8) is 0 Å². The standard InChI is InChI=1S/C17H25N3O6S/c1-27-7-6-13(17(25)26)19-16(24)14(20-15(23)12(18)9-21)8-10-2-4-11(22)5-3-10/h2-5,12-14,21-22H,6-9,18H2,1H3,(H,19,24)(H,20,23)(H,25,26)/t12-,13-,14-/m0/s1. The first-order valence-electron chi connectivity index (χ1n) is 8.25. The smallest absolute Gasteiger partial charge is 0.326 e. The fourth-order valence-corrected chi connectivity index (χ4v) is 2.68. The molecule has 2 amide bonds. The van der Waals surface area contributed by atoms with E-state index in [1.807, 2.05) is 6.26 Å². The third kappa shape index (κ3) is 7.85. The predicted octanol–water partition coefficient (Wildman–Crippen LogP) is -0.938. The Morgan fingerprint density at radius 2 is 1.70 bits per heavy atom. The Kier molecular flexibility index (Phi) is 9.62. The number of carboxylic acid groups (broad SMARTS) is 1. The third-order valence-corrected chi connectivity index (χ3v) is 4.41. The maximum Gasteiger partial charge on any atom is 0.326 e. The number of benzene rings is 1. The minimum atomic E-state index is -1.20. The molecule has 0 aliphatic rings. The molecule has 1 aromatic carbocycles. The lowest BCUT2D eigenvalue weighted by Gasteiger charge is -2.22. The molecule has 3 atom stereocenters. The van der Waals surface area contributed by atoms with Gasteiger partial charge in [-0.05, 0) is 36.1 Å². The number of aliphatic hydroxyl groups excluding tert-OH is 1. The number of aliphatic hydroxyl groups is 1. The lowest BCUT2D eigenvalue weighted by Crippen LogP contribution is -2.55. The number of carbonyl (C=O) groups is 3. The molecule has 0 unspecified atom stereocenters. The highest BCUT2D eigenvalue weighted by Crippen LogP contribution is 2.12. The third-order valence-electron chi connectivity index (χ3n) is 3.77. The summed E-state index contributed by atoms with van der Waals surface area (Å²) in [4.78, 5) is 35.9. The summed E-state index contributed by atoms with van der Waals surface area (Å²) in [6, 6.07) is 2.65. The van der Waals surface area contributed by atoms with Crippen LogP contribution in [-0.4, -0.2) is 69.8 Å². The van der Waals surface area contributed by atoms with Crippen molar-refractivity contribution >= 4 is 29.5 Å². The van der Waals surface area contributed by atoms with Gasteiger partial charge in [-0.3, -0.25) is 9.59 Å². The summed E-state index contributed by atoms with van der Waals surface area (Å²) >= 11 is 1.45. The number of carboxylic acids is 1. The molecule has 0 aliphatic carbocycles. The molecule has 1 aromatic rings. The van der Waals surface area contributed by atoms with Crippen LogP contribution in [0.3, 0.4) is 0 Å². The molecule has 27 heavy (non-hydrogen) atoms. The fourth-order valence-electron chi connectivity index (χ4n) is 2.20. The molecule has 0 saturated carbocycles. The van der Waals surface area contributed by atoms with Crippen molar-refractivity contribution in [3.8, 4) is 5.75 Å². The van der Waals surface area contributed by atoms with Gasteiger partial charge in [0.2, 0.25) is 11.8 Å². The van der Waals surface area contributed by atoms with Crippen LogP contribution in [-0.2, 0) is 20.8 Å². The Hall–Kier alpha value is -2.30. The van der Waals surface area contributed by atoms with E-state index in [4.69, 9.17) is 10.8 Å². The van der Waals surface area contributed by atoms with Crippen molar-refractivity contribution in [2.75, 3.05) is 18.6 Å². The number of carbonyl (C=O) groups excluding carboxylic acids is 2. The first-order chi connectivity index (χ1) is 12.8. The number of aliphatic carboxylic acids is 1. The molecule has 0 radical (unpaired) electrons. The van der Waals surface area contributed by atoms with Gasteiger partial charge >= 0.3 is 5.97 Å². The van der Waals surface area contributed by atoms with E-state index in [1.54, 1.807) is 12.1 Å². The zero-order valence-electron chi connectivity index (χ0n) is 14.9. The Balaban J connectivity index is 2.92. The number of amides is 2. The summed E-state index contributed by atoms with van der Waals surface area (Å²) < 4.78 is 0. The summed E-state index contributed by atoms with van der Waals surface area (Å²) in [6.45, 7) is -0.592. The number of aromatic hydroxyl groups is 1. The van der Waals surface area contributed by atoms with Gasteiger partial charge in [-0.1, -0.05) is 12.1 Å². The zero-order valence-corrected chi connectivity index (χ0v) is 15.7. The second-order valence-corrected chi connectivity index (χ2v) is 6.89. The van der Waals surface area contributed by atoms with E-state index in [-0.39, 0.29) is 18.6 Å². The quantitative estimate of drug-likeness (QED) is 0.278. The molecule has 0 saturated heterocycles. The first-order valence-corrected chi connectivity index (χ1v) is 9.64. The average Bonchev–Trinajstić information content (AvgIpc) is 2.64. The van der Waals surface area contributed by atoms with Crippen LogP contribution < -0.4 is 16.4 Å². The van der Waals surface area contributed by atoms with Gasteiger partial charge in [0.05, 0.1) is 6.61 Å². The number of nitrogens with one attached hydrogen (secondary N) is 2. The van der Waals surface area contributed by atoms with Crippen LogP contribution >= 0.6 is 11.8 Å². The lowest BCUT2D eigenvalue weighted by atomic mass is 10.0. The molecule has 0 heterocycles. The van der Waals surface area contributed by atoms with E-state index in [0.29, 0.717) is 11.3 Å². The van der Waals surface area contributed by atoms with Crippen molar-refractivity contribution in [1.82, 2.24) is 10.6 Å². The number of nitrogens with two attached hydrogens (primary N) is 1. The van der Waals surface area contributed by atoms with Crippen molar-refractivity contribution in [1.29, 1.82) is 0 Å². The number of phenolic OH excluding ortho intramolecular Hbond substituents is 1. The number of hydrogen-bond donors (Lipinski definition) is 6. The van der Waals surface area contributed by atoms with Gasteiger partial charge in [-0.15, -0.1) is 0 Å². The monoisotopic (exact) mass is 399 g/mol. The van der Waals surface area contributed by atoms with E-state index in [9.17, 15) is 24.6 Å². The molecular weight excluding hydrogens is 374 g/mol. The number of thioether (sulfide) groups is 1. The first kappa shape index (κ1) is 22.7.